The Hall–Kier alpha value is -0.480. The third-order valence-electron chi connectivity index (χ3n) is 3.40. The predicted octanol–water partition coefficient (Wildman–Crippen LogP) is 2.82. The maximum atomic E-state index is 5.83. The van der Waals surface area contributed by atoms with Gasteiger partial charge in [-0.3, -0.25) is 4.90 Å². The highest BCUT2D eigenvalue weighted by Crippen LogP contribution is 2.17. The molecule has 1 fully saturated rings. The lowest BCUT2D eigenvalue weighted by Gasteiger charge is -2.24. The maximum Gasteiger partial charge on any atom is 0.119 e. The zero-order valence-corrected chi connectivity index (χ0v) is 12.8. The fraction of sp³-hybridized carbons (Fsp3) is 0.571. The van der Waals surface area contributed by atoms with Gasteiger partial charge < -0.3 is 10.1 Å². The van der Waals surface area contributed by atoms with E-state index in [1.54, 1.807) is 0 Å². The van der Waals surface area contributed by atoms with Crippen molar-refractivity contribution in [1.29, 1.82) is 0 Å². The van der Waals surface area contributed by atoms with Gasteiger partial charge in [0, 0.05) is 24.2 Å². The maximum absolute atomic E-state index is 5.83. The van der Waals surface area contributed by atoms with Crippen LogP contribution in [0.25, 0.3) is 0 Å². The molecule has 108 valence electrons. The summed E-state index contributed by atoms with van der Waals surface area (Å²) in [5.74, 6) is 0.892. The van der Waals surface area contributed by atoms with E-state index in [0.29, 0.717) is 6.04 Å². The Balaban J connectivity index is 0.00000180. The van der Waals surface area contributed by atoms with E-state index in [1.165, 1.54) is 19.4 Å². The third-order valence-corrected chi connectivity index (χ3v) is 3.65. The van der Waals surface area contributed by atoms with Crippen LogP contribution in [0.15, 0.2) is 24.3 Å². The lowest BCUT2D eigenvalue weighted by Crippen LogP contribution is -2.38. The molecule has 1 aliphatic heterocycles. The van der Waals surface area contributed by atoms with Crippen molar-refractivity contribution in [2.75, 3.05) is 33.3 Å². The summed E-state index contributed by atoms with van der Waals surface area (Å²) in [6, 6.07) is 8.21. The van der Waals surface area contributed by atoms with Gasteiger partial charge in [0.05, 0.1) is 0 Å². The van der Waals surface area contributed by atoms with Crippen LogP contribution in [-0.4, -0.2) is 44.2 Å². The lowest BCUT2D eigenvalue weighted by molar-refractivity contribution is 0.195. The molecule has 0 saturated carbocycles. The molecule has 1 N–H and O–H groups in total. The van der Waals surface area contributed by atoms with Crippen LogP contribution in [0.1, 0.15) is 12.8 Å². The van der Waals surface area contributed by atoms with Crippen molar-refractivity contribution in [3.8, 4) is 5.75 Å². The van der Waals surface area contributed by atoms with Gasteiger partial charge >= 0.3 is 0 Å². The van der Waals surface area contributed by atoms with Gasteiger partial charge in [0.2, 0.25) is 0 Å². The van der Waals surface area contributed by atoms with Gasteiger partial charge in [-0.15, -0.1) is 12.4 Å². The van der Waals surface area contributed by atoms with Crippen molar-refractivity contribution in [3.05, 3.63) is 29.3 Å². The fourth-order valence-electron chi connectivity index (χ4n) is 2.47. The van der Waals surface area contributed by atoms with Gasteiger partial charge in [-0.2, -0.15) is 0 Å². The molecule has 3 nitrogen and oxygen atoms in total. The van der Waals surface area contributed by atoms with E-state index in [1.807, 2.05) is 31.3 Å². The van der Waals surface area contributed by atoms with Crippen molar-refractivity contribution < 1.29 is 4.74 Å². The van der Waals surface area contributed by atoms with Crippen molar-refractivity contribution in [2.45, 2.75) is 18.9 Å². The first kappa shape index (κ1) is 16.6. The number of nitrogens with one attached hydrogen (secondary N) is 1. The molecule has 1 aliphatic rings. The van der Waals surface area contributed by atoms with Crippen LogP contribution >= 0.6 is 24.0 Å². The molecule has 5 heteroatoms. The molecule has 0 bridgehead atoms. The smallest absolute Gasteiger partial charge is 0.119 e. The van der Waals surface area contributed by atoms with Crippen LogP contribution < -0.4 is 10.1 Å². The summed E-state index contributed by atoms with van der Waals surface area (Å²) in [5.41, 5.74) is 0. The van der Waals surface area contributed by atoms with Crippen LogP contribution in [0.3, 0.4) is 0 Å². The summed E-state index contributed by atoms with van der Waals surface area (Å²) >= 11 is 5.83. The molecule has 1 saturated heterocycles. The van der Waals surface area contributed by atoms with E-state index in [9.17, 15) is 0 Å². The second kappa shape index (κ2) is 8.64. The first-order valence-electron chi connectivity index (χ1n) is 6.56. The highest BCUT2D eigenvalue weighted by Gasteiger charge is 2.23. The van der Waals surface area contributed by atoms with Crippen LogP contribution in [-0.2, 0) is 0 Å². The quantitative estimate of drug-likeness (QED) is 0.874. The second-order valence-electron chi connectivity index (χ2n) is 4.69. The Morgan fingerprint density at radius 2 is 2.11 bits per heavy atom. The minimum Gasteiger partial charge on any atom is -0.492 e. The average Bonchev–Trinajstić information content (AvgIpc) is 2.80. The standard InChI is InChI=1S/C14H21ClN2O.ClH/c1-16-11-13-3-2-8-17(13)9-10-18-14-6-4-12(15)5-7-14;/h4-7,13,16H,2-3,8-11H2,1H3;1H. The molecule has 0 spiro atoms. The molecule has 1 heterocycles. The zero-order chi connectivity index (χ0) is 12.8. The molecule has 1 aromatic carbocycles. The lowest BCUT2D eigenvalue weighted by atomic mass is 10.2. The minimum atomic E-state index is 0. The third kappa shape index (κ3) is 5.19. The van der Waals surface area contributed by atoms with E-state index in [0.717, 1.165) is 30.5 Å². The first-order chi connectivity index (χ1) is 8.79. The summed E-state index contributed by atoms with van der Waals surface area (Å²) in [5, 5.41) is 4.00. The molecule has 19 heavy (non-hydrogen) atoms. The van der Waals surface area contributed by atoms with E-state index >= 15 is 0 Å². The van der Waals surface area contributed by atoms with Crippen molar-refractivity contribution in [3.63, 3.8) is 0 Å². The minimum absolute atomic E-state index is 0. The summed E-state index contributed by atoms with van der Waals surface area (Å²) in [4.78, 5) is 2.51. The molecule has 0 aromatic heterocycles. The highest BCUT2D eigenvalue weighted by molar-refractivity contribution is 6.30. The monoisotopic (exact) mass is 304 g/mol. The van der Waals surface area contributed by atoms with Gasteiger partial charge in [0.1, 0.15) is 12.4 Å². The van der Waals surface area contributed by atoms with Gasteiger partial charge in [-0.05, 0) is 50.7 Å². The van der Waals surface area contributed by atoms with Crippen LogP contribution in [0, 0.1) is 0 Å². The Morgan fingerprint density at radius 1 is 1.37 bits per heavy atom. The summed E-state index contributed by atoms with van der Waals surface area (Å²) in [6.07, 6.45) is 2.59. The normalized spacial score (nSPS) is 19.2. The van der Waals surface area contributed by atoms with Gasteiger partial charge in [-0.25, -0.2) is 0 Å². The number of ether oxygens (including phenoxy) is 1. The van der Waals surface area contributed by atoms with Gasteiger partial charge in [0.15, 0.2) is 0 Å². The number of hydrogen-bond acceptors (Lipinski definition) is 3. The largest absolute Gasteiger partial charge is 0.492 e. The molecule has 1 unspecified atom stereocenters. The van der Waals surface area contributed by atoms with Gasteiger partial charge in [-0.1, -0.05) is 11.6 Å². The molecule has 0 aliphatic carbocycles. The molecule has 2 rings (SSSR count). The number of likely N-dealkylation sites (tertiary alicyclic amines) is 1. The molecule has 1 aromatic rings. The fourth-order valence-corrected chi connectivity index (χ4v) is 2.59. The summed E-state index contributed by atoms with van der Waals surface area (Å²) < 4.78 is 5.73. The molecule has 1 atom stereocenters. The first-order valence-corrected chi connectivity index (χ1v) is 6.94. The molecular weight excluding hydrogens is 283 g/mol. The molecule has 0 amide bonds. The Kier molecular flexibility index (Phi) is 7.54. The zero-order valence-electron chi connectivity index (χ0n) is 11.3. The number of likely N-dealkylation sites (N-methyl/N-ethyl adjacent to an activating group) is 1. The van der Waals surface area contributed by atoms with Crippen LogP contribution in [0.2, 0.25) is 5.02 Å². The Morgan fingerprint density at radius 3 is 2.79 bits per heavy atom. The van der Waals surface area contributed by atoms with Crippen LogP contribution in [0.4, 0.5) is 0 Å². The average molecular weight is 305 g/mol. The Labute approximate surface area is 126 Å². The predicted molar refractivity (Wildman–Crippen MR) is 82.7 cm³/mol. The molecular formula is C14H22Cl2N2O. The molecule has 0 radical (unpaired) electrons. The van der Waals surface area contributed by atoms with E-state index in [2.05, 4.69) is 10.2 Å². The highest BCUT2D eigenvalue weighted by atomic mass is 35.5. The number of halogens is 2. The number of benzene rings is 1. The SMILES string of the molecule is CNCC1CCCN1CCOc1ccc(Cl)cc1.Cl. The topological polar surface area (TPSA) is 24.5 Å². The number of rotatable bonds is 6. The number of nitrogens with zero attached hydrogens (tertiary/aromatic N) is 1. The van der Waals surface area contributed by atoms with E-state index in [4.69, 9.17) is 16.3 Å². The van der Waals surface area contributed by atoms with Crippen molar-refractivity contribution in [1.82, 2.24) is 10.2 Å². The van der Waals surface area contributed by atoms with Crippen LogP contribution in [0.5, 0.6) is 5.75 Å². The van der Waals surface area contributed by atoms with Gasteiger partial charge in [0.25, 0.3) is 0 Å². The van der Waals surface area contributed by atoms with E-state index < -0.39 is 0 Å². The Bertz CT molecular complexity index is 359. The summed E-state index contributed by atoms with van der Waals surface area (Å²) in [6.45, 7) is 3.99. The summed E-state index contributed by atoms with van der Waals surface area (Å²) in [7, 11) is 2.01. The second-order valence-corrected chi connectivity index (χ2v) is 5.13. The van der Waals surface area contributed by atoms with E-state index in [-0.39, 0.29) is 12.4 Å². The van der Waals surface area contributed by atoms with Crippen molar-refractivity contribution >= 4 is 24.0 Å². The van der Waals surface area contributed by atoms with Crippen molar-refractivity contribution in [2.24, 2.45) is 0 Å². The number of hydrogen-bond donors (Lipinski definition) is 1.